The number of hydrogen-bond donors (Lipinski definition) is 2. The smallest absolute Gasteiger partial charge is 0.253 e. The number of nitrogens with zero attached hydrogens (tertiary/aromatic N) is 2. The molecule has 0 fully saturated rings. The van der Waals surface area contributed by atoms with Crippen molar-refractivity contribution in [2.24, 2.45) is 0 Å². The number of carbonyl (C=O) groups excluding carboxylic acids is 3. The lowest BCUT2D eigenvalue weighted by Crippen LogP contribution is -2.32. The van der Waals surface area contributed by atoms with Gasteiger partial charge in [0.25, 0.3) is 11.8 Å². The van der Waals surface area contributed by atoms with Crippen LogP contribution >= 0.6 is 0 Å². The lowest BCUT2D eigenvalue weighted by Gasteiger charge is -2.21. The molecule has 0 radical (unpaired) electrons. The molecule has 7 heteroatoms. The van der Waals surface area contributed by atoms with Gasteiger partial charge >= 0.3 is 0 Å². The molecule has 178 valence electrons. The van der Waals surface area contributed by atoms with Gasteiger partial charge in [-0.25, -0.2) is 0 Å². The van der Waals surface area contributed by atoms with Crippen LogP contribution in [0.25, 0.3) is 0 Å². The number of rotatable bonds is 12. The van der Waals surface area contributed by atoms with Crippen LogP contribution < -0.4 is 10.6 Å². The second-order valence-corrected chi connectivity index (χ2v) is 7.83. The minimum atomic E-state index is -0.238. The molecule has 0 saturated carbocycles. The van der Waals surface area contributed by atoms with E-state index in [1.54, 1.807) is 41.3 Å². The van der Waals surface area contributed by atoms with Gasteiger partial charge in [0.2, 0.25) is 5.91 Å². The SMILES string of the molecule is CCCN(CCC)C(=O)c1cccc(NCC(=O)Nc2cccc(C(=O)N(CC)CC)c2)c1. The highest BCUT2D eigenvalue weighted by Crippen LogP contribution is 2.15. The summed E-state index contributed by atoms with van der Waals surface area (Å²) in [5.74, 6) is -0.296. The van der Waals surface area contributed by atoms with E-state index in [1.807, 2.05) is 30.9 Å². The first-order chi connectivity index (χ1) is 15.9. The third-order valence-electron chi connectivity index (χ3n) is 5.28. The number of benzene rings is 2. The summed E-state index contributed by atoms with van der Waals surface area (Å²) >= 11 is 0. The molecule has 2 aromatic rings. The van der Waals surface area contributed by atoms with Crippen LogP contribution in [0.3, 0.4) is 0 Å². The molecule has 2 N–H and O–H groups in total. The van der Waals surface area contributed by atoms with E-state index in [9.17, 15) is 14.4 Å². The van der Waals surface area contributed by atoms with Gasteiger partial charge in [-0.2, -0.15) is 0 Å². The number of amides is 3. The highest BCUT2D eigenvalue weighted by molar-refractivity contribution is 5.98. The molecule has 33 heavy (non-hydrogen) atoms. The summed E-state index contributed by atoms with van der Waals surface area (Å²) in [7, 11) is 0. The first-order valence-corrected chi connectivity index (χ1v) is 11.8. The Morgan fingerprint density at radius 3 is 1.79 bits per heavy atom. The third kappa shape index (κ3) is 7.63. The van der Waals surface area contributed by atoms with Gasteiger partial charge in [-0.3, -0.25) is 14.4 Å². The number of hydrogen-bond acceptors (Lipinski definition) is 4. The Morgan fingerprint density at radius 1 is 0.727 bits per heavy atom. The highest BCUT2D eigenvalue weighted by atomic mass is 16.2. The molecule has 0 bridgehead atoms. The Morgan fingerprint density at radius 2 is 1.24 bits per heavy atom. The normalized spacial score (nSPS) is 10.4. The van der Waals surface area contributed by atoms with E-state index in [2.05, 4.69) is 24.5 Å². The summed E-state index contributed by atoms with van der Waals surface area (Å²) in [5, 5.41) is 5.90. The topological polar surface area (TPSA) is 81.8 Å². The minimum Gasteiger partial charge on any atom is -0.376 e. The molecular weight excluding hydrogens is 416 g/mol. The molecule has 0 aromatic heterocycles. The van der Waals surface area contributed by atoms with Gasteiger partial charge in [-0.05, 0) is 63.1 Å². The van der Waals surface area contributed by atoms with E-state index in [4.69, 9.17) is 0 Å². The summed E-state index contributed by atoms with van der Waals surface area (Å²) in [6.07, 6.45) is 1.82. The van der Waals surface area contributed by atoms with E-state index in [1.165, 1.54) is 0 Å². The average Bonchev–Trinajstić information content (AvgIpc) is 2.83. The summed E-state index contributed by atoms with van der Waals surface area (Å²) < 4.78 is 0. The lowest BCUT2D eigenvalue weighted by atomic mass is 10.1. The Kier molecular flexibility index (Phi) is 10.4. The van der Waals surface area contributed by atoms with Gasteiger partial charge in [-0.15, -0.1) is 0 Å². The van der Waals surface area contributed by atoms with Crippen molar-refractivity contribution >= 4 is 29.1 Å². The third-order valence-corrected chi connectivity index (χ3v) is 5.28. The molecule has 0 spiro atoms. The first kappa shape index (κ1) is 25.9. The van der Waals surface area contributed by atoms with Crippen molar-refractivity contribution < 1.29 is 14.4 Å². The first-order valence-electron chi connectivity index (χ1n) is 11.8. The van der Waals surface area contributed by atoms with Crippen LogP contribution in [-0.4, -0.2) is 60.2 Å². The molecule has 0 atom stereocenters. The number of anilines is 2. The van der Waals surface area contributed by atoms with Crippen LogP contribution in [0.4, 0.5) is 11.4 Å². The molecule has 0 unspecified atom stereocenters. The predicted molar refractivity (Wildman–Crippen MR) is 134 cm³/mol. The molecule has 0 aliphatic rings. The van der Waals surface area contributed by atoms with E-state index in [0.717, 1.165) is 25.9 Å². The van der Waals surface area contributed by atoms with Crippen molar-refractivity contribution in [2.45, 2.75) is 40.5 Å². The zero-order valence-corrected chi connectivity index (χ0v) is 20.2. The van der Waals surface area contributed by atoms with Gasteiger partial charge in [-0.1, -0.05) is 26.0 Å². The molecule has 3 amide bonds. The molecule has 0 aliphatic heterocycles. The fourth-order valence-electron chi connectivity index (χ4n) is 3.61. The molecule has 7 nitrogen and oxygen atoms in total. The van der Waals surface area contributed by atoms with Crippen LogP contribution in [0.1, 0.15) is 61.3 Å². The summed E-state index contributed by atoms with van der Waals surface area (Å²) in [6, 6.07) is 14.2. The lowest BCUT2D eigenvalue weighted by molar-refractivity contribution is -0.114. The second kappa shape index (κ2) is 13.3. The number of carbonyl (C=O) groups is 3. The maximum Gasteiger partial charge on any atom is 0.253 e. The van der Waals surface area contributed by atoms with Gasteiger partial charge < -0.3 is 20.4 Å². The van der Waals surface area contributed by atoms with Gasteiger partial charge in [0.1, 0.15) is 0 Å². The summed E-state index contributed by atoms with van der Waals surface area (Å²) in [6.45, 7) is 10.7. The van der Waals surface area contributed by atoms with Gasteiger partial charge in [0, 0.05) is 48.7 Å². The van der Waals surface area contributed by atoms with E-state index >= 15 is 0 Å². The number of nitrogens with one attached hydrogen (secondary N) is 2. The molecule has 0 aliphatic carbocycles. The zero-order valence-electron chi connectivity index (χ0n) is 20.2. The maximum atomic E-state index is 12.8. The Balaban J connectivity index is 1.99. The fraction of sp³-hybridized carbons (Fsp3) is 0.423. The average molecular weight is 453 g/mol. The predicted octanol–water partition coefficient (Wildman–Crippen LogP) is 4.48. The highest BCUT2D eigenvalue weighted by Gasteiger charge is 2.15. The Hall–Kier alpha value is -3.35. The zero-order chi connectivity index (χ0) is 24.2. The fourth-order valence-corrected chi connectivity index (χ4v) is 3.61. The summed E-state index contributed by atoms with van der Waals surface area (Å²) in [4.78, 5) is 41.4. The minimum absolute atomic E-state index is 0.00138. The van der Waals surface area contributed by atoms with Crippen molar-refractivity contribution in [3.05, 3.63) is 59.7 Å². The summed E-state index contributed by atoms with van der Waals surface area (Å²) in [5.41, 5.74) is 2.41. The van der Waals surface area contributed by atoms with Crippen molar-refractivity contribution in [1.29, 1.82) is 0 Å². The van der Waals surface area contributed by atoms with Crippen molar-refractivity contribution in [3.63, 3.8) is 0 Å². The maximum absolute atomic E-state index is 12.8. The standard InChI is InChI=1S/C26H36N4O3/c1-5-15-30(16-6-2)26(33)20-11-9-13-22(17-20)27-19-24(31)28-23-14-10-12-21(18-23)25(32)29(7-3)8-4/h9-14,17-18,27H,5-8,15-16,19H2,1-4H3,(H,28,31). The molecule has 0 saturated heterocycles. The van der Waals surface area contributed by atoms with Gasteiger partial charge in [0.05, 0.1) is 6.54 Å². The van der Waals surface area contributed by atoms with E-state index in [-0.39, 0.29) is 24.3 Å². The molecule has 2 rings (SSSR count). The van der Waals surface area contributed by atoms with Crippen molar-refractivity contribution in [3.8, 4) is 0 Å². The quantitative estimate of drug-likeness (QED) is 0.497. The second-order valence-electron chi connectivity index (χ2n) is 7.83. The van der Waals surface area contributed by atoms with Crippen molar-refractivity contribution in [2.75, 3.05) is 43.4 Å². The van der Waals surface area contributed by atoms with Crippen LogP contribution in [0.2, 0.25) is 0 Å². The molecule has 2 aromatic carbocycles. The molecule has 0 heterocycles. The van der Waals surface area contributed by atoms with E-state index < -0.39 is 0 Å². The van der Waals surface area contributed by atoms with Crippen LogP contribution in [0, 0.1) is 0 Å². The largest absolute Gasteiger partial charge is 0.376 e. The van der Waals surface area contributed by atoms with E-state index in [0.29, 0.717) is 35.6 Å². The van der Waals surface area contributed by atoms with Crippen LogP contribution in [0.15, 0.2) is 48.5 Å². The molecular formula is C26H36N4O3. The van der Waals surface area contributed by atoms with Crippen LogP contribution in [0.5, 0.6) is 0 Å². The van der Waals surface area contributed by atoms with Gasteiger partial charge in [0.15, 0.2) is 0 Å². The van der Waals surface area contributed by atoms with Crippen LogP contribution in [-0.2, 0) is 4.79 Å². The Labute approximate surface area is 197 Å². The Bertz CT molecular complexity index is 935. The monoisotopic (exact) mass is 452 g/mol. The van der Waals surface area contributed by atoms with Crippen molar-refractivity contribution in [1.82, 2.24) is 9.80 Å².